The summed E-state index contributed by atoms with van der Waals surface area (Å²) in [5, 5.41) is 3.76. The van der Waals surface area contributed by atoms with Crippen LogP contribution in [0.5, 0.6) is 0 Å². The van der Waals surface area contributed by atoms with Crippen molar-refractivity contribution in [1.82, 2.24) is 5.32 Å². The van der Waals surface area contributed by atoms with E-state index in [2.05, 4.69) is 26.1 Å². The van der Waals surface area contributed by atoms with Crippen molar-refractivity contribution in [3.8, 4) is 0 Å². The number of hydrogen-bond donors (Lipinski definition) is 1. The second kappa shape index (κ2) is 3.44. The van der Waals surface area contributed by atoms with Crippen LogP contribution in [-0.2, 0) is 9.47 Å². The zero-order chi connectivity index (χ0) is 11.4. The van der Waals surface area contributed by atoms with Crippen molar-refractivity contribution in [2.24, 2.45) is 16.7 Å². The van der Waals surface area contributed by atoms with Gasteiger partial charge >= 0.3 is 0 Å². The molecule has 3 atom stereocenters. The van der Waals surface area contributed by atoms with E-state index < -0.39 is 0 Å². The van der Waals surface area contributed by atoms with Gasteiger partial charge in [0.05, 0.1) is 19.3 Å². The Morgan fingerprint density at radius 2 is 2.00 bits per heavy atom. The van der Waals surface area contributed by atoms with Gasteiger partial charge in [-0.3, -0.25) is 0 Å². The Bertz CT molecular complexity index is 286. The van der Waals surface area contributed by atoms with E-state index in [-0.39, 0.29) is 0 Å². The highest BCUT2D eigenvalue weighted by Gasteiger charge is 2.59. The molecule has 0 bridgehead atoms. The average molecular weight is 225 g/mol. The molecule has 2 saturated heterocycles. The summed E-state index contributed by atoms with van der Waals surface area (Å²) in [7, 11) is 0. The molecule has 3 unspecified atom stereocenters. The number of fused-ring (bicyclic) bond motifs is 1. The minimum Gasteiger partial charge on any atom is -0.380 e. The van der Waals surface area contributed by atoms with Crippen molar-refractivity contribution in [3.05, 3.63) is 0 Å². The molecule has 2 aliphatic heterocycles. The molecule has 16 heavy (non-hydrogen) atoms. The highest BCUT2D eigenvalue weighted by Crippen LogP contribution is 2.52. The highest BCUT2D eigenvalue weighted by atomic mass is 16.5. The first-order valence-electron chi connectivity index (χ1n) is 6.46. The van der Waals surface area contributed by atoms with Crippen LogP contribution in [0.4, 0.5) is 0 Å². The lowest BCUT2D eigenvalue weighted by Crippen LogP contribution is -2.67. The Labute approximate surface area is 97.9 Å². The molecular formula is C13H23NO2. The molecule has 3 aliphatic rings. The summed E-state index contributed by atoms with van der Waals surface area (Å²) >= 11 is 0. The molecule has 3 nitrogen and oxygen atoms in total. The number of hydrogen-bond acceptors (Lipinski definition) is 3. The predicted molar refractivity (Wildman–Crippen MR) is 62.3 cm³/mol. The van der Waals surface area contributed by atoms with E-state index in [1.807, 2.05) is 0 Å². The molecule has 0 radical (unpaired) electrons. The van der Waals surface area contributed by atoms with Crippen LogP contribution in [-0.4, -0.2) is 38.5 Å². The lowest BCUT2D eigenvalue weighted by Gasteiger charge is -2.56. The zero-order valence-electron chi connectivity index (χ0n) is 10.6. The quantitative estimate of drug-likeness (QED) is 0.788. The number of nitrogens with one attached hydrogen (secondary N) is 1. The Balaban J connectivity index is 1.58. The van der Waals surface area contributed by atoms with Crippen LogP contribution in [0.3, 0.4) is 0 Å². The van der Waals surface area contributed by atoms with Gasteiger partial charge in [0.1, 0.15) is 0 Å². The van der Waals surface area contributed by atoms with Gasteiger partial charge in [-0.2, -0.15) is 0 Å². The minimum absolute atomic E-state index is 0.308. The SMILES string of the molecule is CC1(CNC2C3CCOC3C2(C)C)COC1. The summed E-state index contributed by atoms with van der Waals surface area (Å²) < 4.78 is 11.1. The first kappa shape index (κ1) is 11.0. The molecule has 3 heteroatoms. The molecule has 1 N–H and O–H groups in total. The summed E-state index contributed by atoms with van der Waals surface area (Å²) in [5.41, 5.74) is 0.683. The molecule has 1 saturated carbocycles. The van der Waals surface area contributed by atoms with Crippen molar-refractivity contribution < 1.29 is 9.47 Å². The smallest absolute Gasteiger partial charge is 0.0685 e. The van der Waals surface area contributed by atoms with Crippen LogP contribution in [0.2, 0.25) is 0 Å². The second-order valence-electron chi connectivity index (χ2n) is 6.73. The van der Waals surface area contributed by atoms with Crippen LogP contribution >= 0.6 is 0 Å². The molecular weight excluding hydrogens is 202 g/mol. The lowest BCUT2D eigenvalue weighted by molar-refractivity contribution is -0.132. The summed E-state index contributed by atoms with van der Waals surface area (Å²) in [5.74, 6) is 0.750. The number of rotatable bonds is 3. The predicted octanol–water partition coefficient (Wildman–Crippen LogP) is 1.43. The molecule has 0 spiro atoms. The summed E-state index contributed by atoms with van der Waals surface area (Å²) in [6, 6.07) is 0.637. The van der Waals surface area contributed by atoms with Crippen LogP contribution < -0.4 is 5.32 Å². The maximum Gasteiger partial charge on any atom is 0.0685 e. The van der Waals surface area contributed by atoms with E-state index in [4.69, 9.17) is 9.47 Å². The topological polar surface area (TPSA) is 30.5 Å². The Hall–Kier alpha value is -0.120. The van der Waals surface area contributed by atoms with Crippen molar-refractivity contribution in [2.75, 3.05) is 26.4 Å². The van der Waals surface area contributed by atoms with Gasteiger partial charge in [0.25, 0.3) is 0 Å². The third kappa shape index (κ3) is 1.45. The van der Waals surface area contributed by atoms with Gasteiger partial charge in [-0.15, -0.1) is 0 Å². The standard InChI is InChI=1S/C13H23NO2/c1-12(2)10(9-4-5-16-11(9)12)14-6-13(3)7-15-8-13/h9-11,14H,4-8H2,1-3H3. The van der Waals surface area contributed by atoms with E-state index in [1.165, 1.54) is 6.42 Å². The molecule has 92 valence electrons. The van der Waals surface area contributed by atoms with E-state index in [1.54, 1.807) is 0 Å². The zero-order valence-corrected chi connectivity index (χ0v) is 10.6. The molecule has 1 aliphatic carbocycles. The summed E-state index contributed by atoms with van der Waals surface area (Å²) in [6.45, 7) is 10.8. The van der Waals surface area contributed by atoms with Crippen LogP contribution in [0.15, 0.2) is 0 Å². The first-order chi connectivity index (χ1) is 7.53. The van der Waals surface area contributed by atoms with E-state index in [0.29, 0.717) is 23.0 Å². The van der Waals surface area contributed by atoms with E-state index in [0.717, 1.165) is 32.3 Å². The summed E-state index contributed by atoms with van der Waals surface area (Å²) in [4.78, 5) is 0. The molecule has 0 aromatic carbocycles. The van der Waals surface area contributed by atoms with Crippen LogP contribution in [0.1, 0.15) is 27.2 Å². The van der Waals surface area contributed by atoms with Crippen molar-refractivity contribution >= 4 is 0 Å². The Morgan fingerprint density at radius 1 is 1.25 bits per heavy atom. The molecule has 0 aromatic heterocycles. The van der Waals surface area contributed by atoms with Crippen molar-refractivity contribution in [3.63, 3.8) is 0 Å². The lowest BCUT2D eigenvalue weighted by atomic mass is 9.57. The van der Waals surface area contributed by atoms with Gasteiger partial charge in [-0.1, -0.05) is 20.8 Å². The van der Waals surface area contributed by atoms with Gasteiger partial charge < -0.3 is 14.8 Å². The molecule has 0 amide bonds. The number of ether oxygens (including phenoxy) is 2. The fraction of sp³-hybridized carbons (Fsp3) is 1.00. The molecule has 0 aromatic rings. The highest BCUT2D eigenvalue weighted by molar-refractivity contribution is 5.11. The fourth-order valence-corrected chi connectivity index (χ4v) is 3.65. The average Bonchev–Trinajstić information content (AvgIpc) is 2.61. The second-order valence-corrected chi connectivity index (χ2v) is 6.73. The van der Waals surface area contributed by atoms with E-state index >= 15 is 0 Å². The van der Waals surface area contributed by atoms with Gasteiger partial charge in [-0.05, 0) is 6.42 Å². The maximum absolute atomic E-state index is 5.80. The third-order valence-electron chi connectivity index (χ3n) is 4.75. The molecule has 3 fully saturated rings. The minimum atomic E-state index is 0.308. The fourth-order valence-electron chi connectivity index (χ4n) is 3.65. The monoisotopic (exact) mass is 225 g/mol. The maximum atomic E-state index is 5.80. The van der Waals surface area contributed by atoms with Gasteiger partial charge in [0, 0.05) is 35.9 Å². The van der Waals surface area contributed by atoms with E-state index in [9.17, 15) is 0 Å². The molecule has 2 heterocycles. The Morgan fingerprint density at radius 3 is 2.62 bits per heavy atom. The van der Waals surface area contributed by atoms with Crippen molar-refractivity contribution in [2.45, 2.75) is 39.3 Å². The van der Waals surface area contributed by atoms with Gasteiger partial charge in [0.2, 0.25) is 0 Å². The van der Waals surface area contributed by atoms with Gasteiger partial charge in [-0.25, -0.2) is 0 Å². The third-order valence-corrected chi connectivity index (χ3v) is 4.75. The van der Waals surface area contributed by atoms with Gasteiger partial charge in [0.15, 0.2) is 0 Å². The van der Waals surface area contributed by atoms with Crippen LogP contribution in [0, 0.1) is 16.7 Å². The first-order valence-corrected chi connectivity index (χ1v) is 6.46. The Kier molecular flexibility index (Phi) is 2.36. The van der Waals surface area contributed by atoms with Crippen LogP contribution in [0.25, 0.3) is 0 Å². The largest absolute Gasteiger partial charge is 0.380 e. The summed E-state index contributed by atoms with van der Waals surface area (Å²) in [6.07, 6.45) is 1.73. The van der Waals surface area contributed by atoms with Crippen molar-refractivity contribution in [1.29, 1.82) is 0 Å². The molecule has 3 rings (SSSR count). The normalized spacial score (nSPS) is 43.3.